The molecule has 2 rings (SSSR count). The number of aliphatic hydroxyl groups is 1. The van der Waals surface area contributed by atoms with Crippen molar-refractivity contribution in [2.24, 2.45) is 11.8 Å². The number of hydrogen-bond donors (Lipinski definition) is 1. The second-order valence-corrected chi connectivity index (χ2v) is 13.2. The SMILES string of the molecule is CCC#C[C@@H](C)[C@@H](O)[C@H](C)CO[Si](c1ccccc1)(c1ccccc1)C(C)(C)C. The molecule has 29 heavy (non-hydrogen) atoms. The van der Waals surface area contributed by atoms with Crippen LogP contribution in [0, 0.1) is 23.7 Å². The van der Waals surface area contributed by atoms with Crippen LogP contribution in [0.5, 0.6) is 0 Å². The minimum atomic E-state index is -2.57. The first-order valence-corrected chi connectivity index (χ1v) is 12.6. The third-order valence-electron chi connectivity index (χ3n) is 5.58. The third-order valence-corrected chi connectivity index (χ3v) is 10.6. The average molecular weight is 409 g/mol. The van der Waals surface area contributed by atoms with E-state index in [2.05, 4.69) is 100 Å². The van der Waals surface area contributed by atoms with Crippen molar-refractivity contribution in [1.82, 2.24) is 0 Å². The van der Waals surface area contributed by atoms with E-state index in [9.17, 15) is 5.11 Å². The Hall–Kier alpha value is -1.86. The van der Waals surface area contributed by atoms with E-state index in [4.69, 9.17) is 4.43 Å². The van der Waals surface area contributed by atoms with Crippen molar-refractivity contribution in [2.75, 3.05) is 6.61 Å². The summed E-state index contributed by atoms with van der Waals surface area (Å²) >= 11 is 0. The Morgan fingerprint density at radius 2 is 1.41 bits per heavy atom. The molecule has 156 valence electrons. The molecular weight excluding hydrogens is 372 g/mol. The van der Waals surface area contributed by atoms with E-state index >= 15 is 0 Å². The predicted octanol–water partition coefficient (Wildman–Crippen LogP) is 4.61. The quantitative estimate of drug-likeness (QED) is 0.535. The molecule has 3 heteroatoms. The van der Waals surface area contributed by atoms with Gasteiger partial charge in [0.05, 0.1) is 6.10 Å². The Labute approximate surface area is 178 Å². The molecule has 2 aromatic carbocycles. The fourth-order valence-electron chi connectivity index (χ4n) is 3.96. The highest BCUT2D eigenvalue weighted by Gasteiger charge is 2.50. The van der Waals surface area contributed by atoms with Crippen molar-refractivity contribution in [3.63, 3.8) is 0 Å². The summed E-state index contributed by atoms with van der Waals surface area (Å²) in [5.74, 6) is 6.19. The molecule has 0 aliphatic carbocycles. The van der Waals surface area contributed by atoms with Crippen molar-refractivity contribution in [3.05, 3.63) is 60.7 Å². The molecule has 3 atom stereocenters. The molecule has 0 saturated heterocycles. The zero-order valence-electron chi connectivity index (χ0n) is 18.8. The zero-order valence-corrected chi connectivity index (χ0v) is 19.8. The number of hydrogen-bond acceptors (Lipinski definition) is 2. The van der Waals surface area contributed by atoms with Gasteiger partial charge < -0.3 is 9.53 Å². The van der Waals surface area contributed by atoms with Crippen LogP contribution in [0.15, 0.2) is 60.7 Å². The second-order valence-electron chi connectivity index (χ2n) is 8.91. The summed E-state index contributed by atoms with van der Waals surface area (Å²) in [5, 5.41) is 13.3. The van der Waals surface area contributed by atoms with Crippen molar-refractivity contribution >= 4 is 18.7 Å². The molecule has 0 amide bonds. The lowest BCUT2D eigenvalue weighted by molar-refractivity contribution is 0.0576. The number of benzene rings is 2. The van der Waals surface area contributed by atoms with E-state index in [1.165, 1.54) is 10.4 Å². The second kappa shape index (κ2) is 10.3. The van der Waals surface area contributed by atoms with Gasteiger partial charge in [0.2, 0.25) is 0 Å². The van der Waals surface area contributed by atoms with Gasteiger partial charge in [-0.3, -0.25) is 0 Å². The third kappa shape index (κ3) is 5.39. The van der Waals surface area contributed by atoms with Crippen molar-refractivity contribution in [3.8, 4) is 11.8 Å². The lowest BCUT2D eigenvalue weighted by atomic mass is 9.94. The molecule has 0 aliphatic rings. The van der Waals surface area contributed by atoms with E-state index in [0.29, 0.717) is 6.61 Å². The van der Waals surface area contributed by atoms with E-state index in [-0.39, 0.29) is 16.9 Å². The Balaban J connectivity index is 2.41. The molecule has 0 aromatic heterocycles. The Kier molecular flexibility index (Phi) is 8.28. The van der Waals surface area contributed by atoms with Gasteiger partial charge in [-0.2, -0.15) is 0 Å². The maximum absolute atomic E-state index is 10.8. The topological polar surface area (TPSA) is 29.5 Å². The van der Waals surface area contributed by atoms with Crippen molar-refractivity contribution in [2.45, 2.75) is 59.1 Å². The van der Waals surface area contributed by atoms with Gasteiger partial charge >= 0.3 is 0 Å². The molecule has 0 heterocycles. The summed E-state index contributed by atoms with van der Waals surface area (Å²) in [6.45, 7) is 13.4. The predicted molar refractivity (Wildman–Crippen MR) is 126 cm³/mol. The van der Waals surface area contributed by atoms with Crippen LogP contribution in [-0.4, -0.2) is 26.1 Å². The molecule has 0 unspecified atom stereocenters. The molecule has 0 bridgehead atoms. The summed E-state index contributed by atoms with van der Waals surface area (Å²) in [5.41, 5.74) is 0. The number of aliphatic hydroxyl groups excluding tert-OH is 1. The standard InChI is InChI=1S/C26H36O2Si/c1-7-8-15-21(2)25(27)22(3)20-28-29(26(4,5)6,23-16-11-9-12-17-23)24-18-13-10-14-19-24/h9-14,16-19,21-22,25,27H,7,20H2,1-6H3/t21-,22-,25-/m1/s1. The molecule has 0 radical (unpaired) electrons. The van der Waals surface area contributed by atoms with Crippen molar-refractivity contribution in [1.29, 1.82) is 0 Å². The van der Waals surface area contributed by atoms with Gasteiger partial charge in [0, 0.05) is 24.9 Å². The minimum Gasteiger partial charge on any atom is -0.407 e. The normalized spacial score (nSPS) is 15.1. The first-order valence-electron chi connectivity index (χ1n) is 10.7. The van der Waals surface area contributed by atoms with Crippen LogP contribution < -0.4 is 10.4 Å². The van der Waals surface area contributed by atoms with Crippen molar-refractivity contribution < 1.29 is 9.53 Å². The lowest BCUT2D eigenvalue weighted by Crippen LogP contribution is -2.67. The smallest absolute Gasteiger partial charge is 0.261 e. The van der Waals surface area contributed by atoms with E-state index in [1.54, 1.807) is 0 Å². The van der Waals surface area contributed by atoms with Gasteiger partial charge in [-0.05, 0) is 22.3 Å². The van der Waals surface area contributed by atoms with Gasteiger partial charge in [-0.25, -0.2) is 0 Å². The van der Waals surface area contributed by atoms with Crippen LogP contribution in [0.25, 0.3) is 0 Å². The van der Waals surface area contributed by atoms with E-state index < -0.39 is 14.4 Å². The highest BCUT2D eigenvalue weighted by atomic mass is 28.4. The zero-order chi connectivity index (χ0) is 21.5. The highest BCUT2D eigenvalue weighted by Crippen LogP contribution is 2.37. The van der Waals surface area contributed by atoms with Crippen LogP contribution in [-0.2, 0) is 4.43 Å². The van der Waals surface area contributed by atoms with E-state index in [1.807, 2.05) is 13.8 Å². The molecule has 2 aromatic rings. The monoisotopic (exact) mass is 408 g/mol. The first kappa shape index (κ1) is 23.4. The average Bonchev–Trinajstić information content (AvgIpc) is 2.72. The lowest BCUT2D eigenvalue weighted by Gasteiger charge is -2.44. The Morgan fingerprint density at radius 3 is 1.83 bits per heavy atom. The maximum atomic E-state index is 10.8. The van der Waals surface area contributed by atoms with Crippen LogP contribution in [0.3, 0.4) is 0 Å². The molecule has 0 fully saturated rings. The number of rotatable bonds is 7. The molecule has 0 aliphatic heterocycles. The summed E-state index contributed by atoms with van der Waals surface area (Å²) in [7, 11) is -2.57. The summed E-state index contributed by atoms with van der Waals surface area (Å²) in [6, 6.07) is 21.3. The van der Waals surface area contributed by atoms with Gasteiger partial charge in [-0.1, -0.05) is 101 Å². The summed E-state index contributed by atoms with van der Waals surface area (Å²) in [6.07, 6.45) is 0.302. The molecule has 0 spiro atoms. The minimum absolute atomic E-state index is 0.00203. The summed E-state index contributed by atoms with van der Waals surface area (Å²) < 4.78 is 6.93. The van der Waals surface area contributed by atoms with Crippen LogP contribution >= 0.6 is 0 Å². The maximum Gasteiger partial charge on any atom is 0.261 e. The molecule has 2 nitrogen and oxygen atoms in total. The Morgan fingerprint density at radius 1 is 0.931 bits per heavy atom. The van der Waals surface area contributed by atoms with Crippen LogP contribution in [0.4, 0.5) is 0 Å². The first-order chi connectivity index (χ1) is 13.7. The molecular formula is C26H36O2Si. The summed E-state index contributed by atoms with van der Waals surface area (Å²) in [4.78, 5) is 0. The molecule has 0 saturated carbocycles. The fourth-order valence-corrected chi connectivity index (χ4v) is 8.63. The largest absolute Gasteiger partial charge is 0.407 e. The van der Waals surface area contributed by atoms with Gasteiger partial charge in [0.25, 0.3) is 8.32 Å². The Bertz CT molecular complexity index is 760. The van der Waals surface area contributed by atoms with E-state index in [0.717, 1.165) is 6.42 Å². The van der Waals surface area contributed by atoms with Crippen LogP contribution in [0.1, 0.15) is 48.0 Å². The van der Waals surface area contributed by atoms with Gasteiger partial charge in [0.15, 0.2) is 0 Å². The van der Waals surface area contributed by atoms with Gasteiger partial charge in [-0.15, -0.1) is 5.92 Å². The van der Waals surface area contributed by atoms with Crippen LogP contribution in [0.2, 0.25) is 5.04 Å². The fraction of sp³-hybridized carbons (Fsp3) is 0.462. The van der Waals surface area contributed by atoms with Gasteiger partial charge in [0.1, 0.15) is 0 Å². The molecule has 1 N–H and O–H groups in total. The highest BCUT2D eigenvalue weighted by molar-refractivity contribution is 6.99.